The first-order chi connectivity index (χ1) is 11.1. The minimum atomic E-state index is -1.05. The molecule has 3 aromatic rings. The van der Waals surface area contributed by atoms with Crippen LogP contribution in [0.25, 0.3) is 10.9 Å². The monoisotopic (exact) mass is 308 g/mol. The van der Waals surface area contributed by atoms with Crippen molar-refractivity contribution in [2.45, 2.75) is 19.4 Å². The Kier molecular flexibility index (Phi) is 3.93. The molecule has 116 valence electrons. The molecule has 3 rings (SSSR count). The highest BCUT2D eigenvalue weighted by atomic mass is 16.4. The summed E-state index contributed by atoms with van der Waals surface area (Å²) in [5.74, 6) is -0.645. The molecule has 0 aliphatic rings. The van der Waals surface area contributed by atoms with Crippen LogP contribution in [0.1, 0.15) is 17.4 Å². The first-order valence-corrected chi connectivity index (χ1v) is 7.32. The van der Waals surface area contributed by atoms with E-state index in [2.05, 4.69) is 4.98 Å². The summed E-state index contributed by atoms with van der Waals surface area (Å²) in [5, 5.41) is 10.0. The molecular weight excluding hydrogens is 292 g/mol. The van der Waals surface area contributed by atoms with Gasteiger partial charge in [0.25, 0.3) is 5.56 Å². The van der Waals surface area contributed by atoms with E-state index in [9.17, 15) is 14.7 Å². The summed E-state index contributed by atoms with van der Waals surface area (Å²) in [4.78, 5) is 28.9. The Balaban J connectivity index is 2.15. The molecule has 0 radical (unpaired) electrons. The van der Waals surface area contributed by atoms with Gasteiger partial charge in [-0.3, -0.25) is 9.36 Å². The number of aromatic nitrogens is 2. The topological polar surface area (TPSA) is 72.2 Å². The third-order valence-electron chi connectivity index (χ3n) is 3.85. The molecule has 1 aromatic heterocycles. The second-order valence-electron chi connectivity index (χ2n) is 5.40. The molecule has 0 amide bonds. The van der Waals surface area contributed by atoms with Crippen LogP contribution in [0.15, 0.2) is 59.4 Å². The Bertz CT molecular complexity index is 916. The van der Waals surface area contributed by atoms with E-state index >= 15 is 0 Å². The summed E-state index contributed by atoms with van der Waals surface area (Å²) in [6.45, 7) is 1.66. The lowest BCUT2D eigenvalue weighted by atomic mass is 10.1. The highest BCUT2D eigenvalue weighted by Gasteiger charge is 2.24. The highest BCUT2D eigenvalue weighted by Crippen LogP contribution is 2.17. The van der Waals surface area contributed by atoms with E-state index in [1.165, 1.54) is 4.57 Å². The zero-order valence-corrected chi connectivity index (χ0v) is 12.6. The van der Waals surface area contributed by atoms with Crippen molar-refractivity contribution < 1.29 is 9.90 Å². The lowest BCUT2D eigenvalue weighted by molar-refractivity contribution is -0.141. The molecule has 0 aliphatic carbocycles. The Labute approximate surface area is 132 Å². The molecule has 0 saturated heterocycles. The van der Waals surface area contributed by atoms with Crippen LogP contribution in [0.4, 0.5) is 0 Å². The first-order valence-electron chi connectivity index (χ1n) is 7.32. The van der Waals surface area contributed by atoms with Gasteiger partial charge in [0.2, 0.25) is 0 Å². The van der Waals surface area contributed by atoms with Crippen LogP contribution < -0.4 is 5.56 Å². The van der Waals surface area contributed by atoms with Crippen LogP contribution in [0.5, 0.6) is 0 Å². The number of rotatable bonds is 4. The van der Waals surface area contributed by atoms with Crippen molar-refractivity contribution in [1.29, 1.82) is 0 Å². The molecule has 1 heterocycles. The Hall–Kier alpha value is -2.95. The van der Waals surface area contributed by atoms with Gasteiger partial charge in [0, 0.05) is 6.42 Å². The molecule has 0 fully saturated rings. The van der Waals surface area contributed by atoms with E-state index in [1.54, 1.807) is 31.2 Å². The predicted molar refractivity (Wildman–Crippen MR) is 87.6 cm³/mol. The van der Waals surface area contributed by atoms with Crippen molar-refractivity contribution in [2.24, 2.45) is 0 Å². The molecule has 5 nitrogen and oxygen atoms in total. The molecule has 0 bridgehead atoms. The van der Waals surface area contributed by atoms with Crippen LogP contribution in [-0.2, 0) is 11.2 Å². The SMILES string of the molecule is Cc1nc2ccccc2c(=O)n1C(Cc1ccccc1)C(=O)O. The summed E-state index contributed by atoms with van der Waals surface area (Å²) in [6.07, 6.45) is 0.233. The van der Waals surface area contributed by atoms with Gasteiger partial charge in [0.05, 0.1) is 10.9 Å². The standard InChI is InChI=1S/C18H16N2O3/c1-12-19-15-10-6-5-9-14(15)17(21)20(12)16(18(22)23)11-13-7-3-2-4-8-13/h2-10,16H,11H2,1H3,(H,22,23). The van der Waals surface area contributed by atoms with Crippen LogP contribution in [0.2, 0.25) is 0 Å². The number of carbonyl (C=O) groups is 1. The Morgan fingerprint density at radius 1 is 1.13 bits per heavy atom. The second-order valence-corrected chi connectivity index (χ2v) is 5.40. The maximum atomic E-state index is 12.7. The van der Waals surface area contributed by atoms with Crippen molar-refractivity contribution in [2.75, 3.05) is 0 Å². The minimum absolute atomic E-state index is 0.233. The molecule has 0 saturated carbocycles. The number of para-hydroxylation sites is 1. The third-order valence-corrected chi connectivity index (χ3v) is 3.85. The summed E-state index contributed by atoms with van der Waals surface area (Å²) in [5.41, 5.74) is 1.12. The van der Waals surface area contributed by atoms with Gasteiger partial charge in [-0.2, -0.15) is 0 Å². The van der Waals surface area contributed by atoms with Crippen LogP contribution in [0.3, 0.4) is 0 Å². The van der Waals surface area contributed by atoms with Crippen molar-refractivity contribution in [3.8, 4) is 0 Å². The number of hydrogen-bond acceptors (Lipinski definition) is 3. The molecule has 1 N–H and O–H groups in total. The Morgan fingerprint density at radius 2 is 1.78 bits per heavy atom. The van der Waals surface area contributed by atoms with Crippen molar-refractivity contribution in [1.82, 2.24) is 9.55 Å². The maximum absolute atomic E-state index is 12.7. The van der Waals surface area contributed by atoms with Gasteiger partial charge in [-0.1, -0.05) is 42.5 Å². The van der Waals surface area contributed by atoms with Crippen molar-refractivity contribution in [3.05, 3.63) is 76.3 Å². The second kappa shape index (κ2) is 6.04. The van der Waals surface area contributed by atoms with Gasteiger partial charge in [-0.25, -0.2) is 9.78 Å². The van der Waals surface area contributed by atoms with Gasteiger partial charge in [-0.05, 0) is 24.6 Å². The molecule has 0 spiro atoms. The highest BCUT2D eigenvalue weighted by molar-refractivity contribution is 5.78. The van der Waals surface area contributed by atoms with Crippen LogP contribution in [0, 0.1) is 6.92 Å². The largest absolute Gasteiger partial charge is 0.480 e. The number of carboxylic acid groups (broad SMARTS) is 1. The number of fused-ring (bicyclic) bond motifs is 1. The average molecular weight is 308 g/mol. The maximum Gasteiger partial charge on any atom is 0.327 e. The Morgan fingerprint density at radius 3 is 2.48 bits per heavy atom. The number of hydrogen-bond donors (Lipinski definition) is 1. The average Bonchev–Trinajstić information content (AvgIpc) is 2.54. The third kappa shape index (κ3) is 2.85. The van der Waals surface area contributed by atoms with E-state index < -0.39 is 12.0 Å². The molecule has 5 heteroatoms. The lowest BCUT2D eigenvalue weighted by Gasteiger charge is -2.18. The summed E-state index contributed by atoms with van der Waals surface area (Å²) in [7, 11) is 0. The van der Waals surface area contributed by atoms with Gasteiger partial charge in [0.15, 0.2) is 0 Å². The molecule has 2 aromatic carbocycles. The van der Waals surface area contributed by atoms with E-state index in [4.69, 9.17) is 0 Å². The molecule has 0 aliphatic heterocycles. The van der Waals surface area contributed by atoms with Crippen LogP contribution >= 0.6 is 0 Å². The lowest BCUT2D eigenvalue weighted by Crippen LogP contribution is -2.33. The van der Waals surface area contributed by atoms with Crippen molar-refractivity contribution in [3.63, 3.8) is 0 Å². The zero-order valence-electron chi connectivity index (χ0n) is 12.6. The minimum Gasteiger partial charge on any atom is -0.480 e. The predicted octanol–water partition coefficient (Wildman–Crippen LogP) is 2.57. The number of nitrogens with zero attached hydrogens (tertiary/aromatic N) is 2. The number of benzene rings is 2. The van der Waals surface area contributed by atoms with E-state index in [0.29, 0.717) is 16.7 Å². The van der Waals surface area contributed by atoms with Crippen LogP contribution in [-0.4, -0.2) is 20.6 Å². The summed E-state index contributed by atoms with van der Waals surface area (Å²) >= 11 is 0. The molecular formula is C18H16N2O3. The summed E-state index contributed by atoms with van der Waals surface area (Å²) < 4.78 is 1.28. The fourth-order valence-corrected chi connectivity index (χ4v) is 2.75. The molecule has 1 unspecified atom stereocenters. The van der Waals surface area contributed by atoms with Gasteiger partial charge < -0.3 is 5.11 Å². The fraction of sp³-hybridized carbons (Fsp3) is 0.167. The normalized spacial score (nSPS) is 12.2. The molecule has 1 atom stereocenters. The van der Waals surface area contributed by atoms with E-state index in [1.807, 2.05) is 30.3 Å². The first kappa shape index (κ1) is 15.0. The van der Waals surface area contributed by atoms with Gasteiger partial charge in [0.1, 0.15) is 11.9 Å². The molecule has 23 heavy (non-hydrogen) atoms. The van der Waals surface area contributed by atoms with E-state index in [-0.39, 0.29) is 12.0 Å². The van der Waals surface area contributed by atoms with Crippen molar-refractivity contribution >= 4 is 16.9 Å². The number of carboxylic acids is 1. The fourth-order valence-electron chi connectivity index (χ4n) is 2.75. The summed E-state index contributed by atoms with van der Waals surface area (Å²) in [6, 6.07) is 15.3. The number of aryl methyl sites for hydroxylation is 1. The smallest absolute Gasteiger partial charge is 0.327 e. The van der Waals surface area contributed by atoms with Gasteiger partial charge >= 0.3 is 5.97 Å². The zero-order chi connectivity index (χ0) is 16.4. The quantitative estimate of drug-likeness (QED) is 0.804. The van der Waals surface area contributed by atoms with Gasteiger partial charge in [-0.15, -0.1) is 0 Å². The van der Waals surface area contributed by atoms with E-state index in [0.717, 1.165) is 5.56 Å². The number of aliphatic carboxylic acids is 1.